The van der Waals surface area contributed by atoms with Crippen LogP contribution in [0.3, 0.4) is 0 Å². The average molecular weight is 889 g/mol. The summed E-state index contributed by atoms with van der Waals surface area (Å²) < 4.78 is 11.4. The predicted octanol–water partition coefficient (Wildman–Crippen LogP) is 5.20. The van der Waals surface area contributed by atoms with Crippen LogP contribution in [0.2, 0.25) is 0 Å². The largest absolute Gasteiger partial charge is 0.461 e. The molecule has 54 heavy (non-hydrogen) atoms. The van der Waals surface area contributed by atoms with Gasteiger partial charge in [-0.2, -0.15) is 0 Å². The van der Waals surface area contributed by atoms with Crippen molar-refractivity contribution in [1.29, 1.82) is 0 Å². The minimum Gasteiger partial charge on any atom is -0.461 e. The van der Waals surface area contributed by atoms with Gasteiger partial charge in [-0.05, 0) is 136 Å². The monoisotopic (exact) mass is 886 g/mol. The van der Waals surface area contributed by atoms with E-state index in [4.69, 9.17) is 9.47 Å². The lowest BCUT2D eigenvalue weighted by molar-refractivity contribution is -0.194. The molecule has 6 N–H and O–H groups in total. The highest BCUT2D eigenvalue weighted by atomic mass is 79.9. The molecule has 10 nitrogen and oxygen atoms in total. The van der Waals surface area contributed by atoms with E-state index in [1.807, 2.05) is 6.08 Å². The fourth-order valence-electron chi connectivity index (χ4n) is 14.6. The molecule has 7 fully saturated rings. The minimum absolute atomic E-state index is 0.00383. The van der Waals surface area contributed by atoms with Gasteiger partial charge < -0.3 is 40.1 Å². The van der Waals surface area contributed by atoms with Gasteiger partial charge in [0.2, 0.25) is 0 Å². The first-order valence-corrected chi connectivity index (χ1v) is 22.6. The fourth-order valence-corrected chi connectivity index (χ4v) is 16.7. The summed E-state index contributed by atoms with van der Waals surface area (Å²) in [6.45, 7) is 7.47. The van der Waals surface area contributed by atoms with Gasteiger partial charge in [0.05, 0.1) is 47.3 Å². The molecule has 0 aliphatic heterocycles. The Morgan fingerprint density at radius 1 is 0.704 bits per heavy atom. The highest BCUT2D eigenvalue weighted by Gasteiger charge is 2.67. The van der Waals surface area contributed by atoms with Crippen molar-refractivity contribution in [2.75, 3.05) is 13.2 Å². The Hall–Kier alpha value is -0.600. The van der Waals surface area contributed by atoms with Crippen LogP contribution in [0.15, 0.2) is 11.6 Å². The van der Waals surface area contributed by atoms with E-state index in [1.54, 1.807) is 0 Å². The highest BCUT2D eigenvalue weighted by Crippen LogP contribution is 2.68. The Balaban J connectivity index is 0.000000167. The molecule has 0 bridgehead atoms. The second-order valence-corrected chi connectivity index (χ2v) is 21.8. The first kappa shape index (κ1) is 41.6. The molecule has 0 aromatic rings. The van der Waals surface area contributed by atoms with E-state index in [-0.39, 0.29) is 93.7 Å². The second-order valence-electron chi connectivity index (χ2n) is 19.4. The van der Waals surface area contributed by atoms with Crippen molar-refractivity contribution in [3.8, 4) is 0 Å². The van der Waals surface area contributed by atoms with Gasteiger partial charge in [-0.3, -0.25) is 9.59 Å². The van der Waals surface area contributed by atoms with E-state index in [0.717, 1.165) is 77.0 Å². The summed E-state index contributed by atoms with van der Waals surface area (Å²) in [6, 6.07) is 0. The molecular formula is C42H64Br2O10. The maximum atomic E-state index is 11.7. The number of carbonyl (C=O) groups is 2. The van der Waals surface area contributed by atoms with E-state index >= 15 is 0 Å². The molecule has 0 amide bonds. The maximum Gasteiger partial charge on any atom is 0.302 e. The zero-order valence-electron chi connectivity index (χ0n) is 32.4. The Kier molecular flexibility index (Phi) is 11.7. The molecule has 306 valence electrons. The number of fused-ring (bicyclic) bond motifs is 10. The molecule has 19 atom stereocenters. The third-order valence-electron chi connectivity index (χ3n) is 17.2. The Morgan fingerprint density at radius 3 is 1.80 bits per heavy atom. The van der Waals surface area contributed by atoms with Gasteiger partial charge in [-0.25, -0.2) is 0 Å². The number of halogens is 2. The number of ether oxygens (including phenoxy) is 2. The van der Waals surface area contributed by atoms with Gasteiger partial charge in [0.25, 0.3) is 0 Å². The number of aliphatic hydroxyl groups excluding tert-OH is 6. The summed E-state index contributed by atoms with van der Waals surface area (Å²) in [5.41, 5.74) is 0.409. The van der Waals surface area contributed by atoms with E-state index in [0.29, 0.717) is 24.2 Å². The molecule has 0 saturated heterocycles. The molecule has 12 heteroatoms. The van der Waals surface area contributed by atoms with Crippen molar-refractivity contribution >= 4 is 43.8 Å². The molecule has 7 unspecified atom stereocenters. The van der Waals surface area contributed by atoms with Gasteiger partial charge in [-0.15, -0.1) is 0 Å². The number of hydrogen-bond donors (Lipinski definition) is 6. The highest BCUT2D eigenvalue weighted by molar-refractivity contribution is 9.09. The molecule has 8 aliphatic rings. The molecule has 0 spiro atoms. The summed E-state index contributed by atoms with van der Waals surface area (Å²) in [6.07, 6.45) is 10.6. The van der Waals surface area contributed by atoms with Crippen LogP contribution in [-0.2, 0) is 19.1 Å². The molecule has 8 aliphatic carbocycles. The summed E-state index contributed by atoms with van der Waals surface area (Å²) in [5.74, 6) is 0.904. The molecule has 0 aromatic carbocycles. The van der Waals surface area contributed by atoms with E-state index in [2.05, 4.69) is 45.7 Å². The molecule has 7 saturated carbocycles. The first-order valence-electron chi connectivity index (χ1n) is 20.7. The van der Waals surface area contributed by atoms with Gasteiger partial charge in [0, 0.05) is 24.7 Å². The zero-order chi connectivity index (χ0) is 39.1. The van der Waals surface area contributed by atoms with Gasteiger partial charge in [0.15, 0.2) is 0 Å². The van der Waals surface area contributed by atoms with Crippen LogP contribution in [0.5, 0.6) is 0 Å². The number of hydrogen-bond acceptors (Lipinski definition) is 10. The van der Waals surface area contributed by atoms with Crippen molar-refractivity contribution in [2.45, 2.75) is 157 Å². The molecule has 0 aromatic heterocycles. The van der Waals surface area contributed by atoms with E-state index < -0.39 is 23.0 Å². The molecule has 0 radical (unpaired) electrons. The smallest absolute Gasteiger partial charge is 0.302 e. The summed E-state index contributed by atoms with van der Waals surface area (Å²) in [7, 11) is 0. The van der Waals surface area contributed by atoms with Crippen molar-refractivity contribution in [2.24, 2.45) is 63.1 Å². The molecule has 8 rings (SSSR count). The molecule has 0 heterocycles. The summed E-state index contributed by atoms with van der Waals surface area (Å²) in [5, 5.41) is 63.4. The van der Waals surface area contributed by atoms with Crippen molar-refractivity contribution in [3.63, 3.8) is 0 Å². The maximum absolute atomic E-state index is 11.7. The van der Waals surface area contributed by atoms with Gasteiger partial charge in [-0.1, -0.05) is 57.4 Å². The van der Waals surface area contributed by atoms with Crippen molar-refractivity contribution < 1.29 is 49.7 Å². The van der Waals surface area contributed by atoms with Gasteiger partial charge >= 0.3 is 11.9 Å². The van der Waals surface area contributed by atoms with Crippen molar-refractivity contribution in [3.05, 3.63) is 11.6 Å². The quantitative estimate of drug-likeness (QED) is 0.125. The van der Waals surface area contributed by atoms with Gasteiger partial charge in [0.1, 0.15) is 12.2 Å². The Labute approximate surface area is 337 Å². The average Bonchev–Trinajstić information content (AvgIpc) is 3.55. The van der Waals surface area contributed by atoms with Crippen LogP contribution in [0.1, 0.15) is 111 Å². The Morgan fingerprint density at radius 2 is 1.24 bits per heavy atom. The lowest BCUT2D eigenvalue weighted by Gasteiger charge is -2.62. The number of aliphatic hydroxyl groups is 6. The van der Waals surface area contributed by atoms with Crippen LogP contribution in [0, 0.1) is 63.1 Å². The fraction of sp³-hybridized carbons (Fsp3) is 0.905. The van der Waals surface area contributed by atoms with Crippen LogP contribution in [0.4, 0.5) is 0 Å². The summed E-state index contributed by atoms with van der Waals surface area (Å²) >= 11 is 7.43. The SMILES string of the molecule is CC(=O)O[C@H]1[C@H](Br)CC2C3C(CC[C@@]21CO)[C@@]1(C)CC[C@H](O)CC1=C[C@@H]3O.CC(=O)O[C@H]1[C@H](Br)CC2C3C(CC[C@@]21CO)[C@@]1(C)CC[C@H](O)CC1C[C@@H]3O. The number of alkyl halides is 2. The number of carbonyl (C=O) groups excluding carboxylic acids is 2. The number of rotatable bonds is 4. The van der Waals surface area contributed by atoms with Crippen LogP contribution >= 0.6 is 31.9 Å². The molecular weight excluding hydrogens is 824 g/mol. The van der Waals surface area contributed by atoms with E-state index in [1.165, 1.54) is 19.4 Å². The first-order chi connectivity index (χ1) is 25.5. The topological polar surface area (TPSA) is 174 Å². The second kappa shape index (κ2) is 15.2. The van der Waals surface area contributed by atoms with Crippen LogP contribution in [-0.4, -0.2) is 102 Å². The third kappa shape index (κ3) is 6.53. The van der Waals surface area contributed by atoms with Crippen LogP contribution < -0.4 is 0 Å². The minimum atomic E-state index is -0.574. The lowest BCUT2D eigenvalue weighted by atomic mass is 9.44. The summed E-state index contributed by atoms with van der Waals surface area (Å²) in [4.78, 5) is 23.4. The van der Waals surface area contributed by atoms with E-state index in [9.17, 15) is 40.2 Å². The zero-order valence-corrected chi connectivity index (χ0v) is 35.6. The standard InChI is InChI=1S/C21H33BrO5.C21H31BrO5/c2*1-11(24)27-19-16(22)9-15-18-14(4-6-21(15,19)10-23)20(2)5-3-13(25)7-12(20)8-17(18)26/h12-19,23,25-26H,3-10H2,1-2H3;8,13-19,23,25-26H,3-7,9-10H2,1-2H3/t12?,13-,14?,15?,16+,17-,18?,19-,20-,21+;13-,14?,15?,16+,17-,18?,19-,20-,21+/m00/s1. The third-order valence-corrected chi connectivity index (χ3v) is 18.9. The lowest BCUT2D eigenvalue weighted by Crippen LogP contribution is -2.60. The predicted molar refractivity (Wildman–Crippen MR) is 208 cm³/mol. The Bertz CT molecular complexity index is 1460. The normalized spacial score (nSPS) is 53.1. The van der Waals surface area contributed by atoms with Crippen molar-refractivity contribution in [1.82, 2.24) is 0 Å². The van der Waals surface area contributed by atoms with Crippen LogP contribution in [0.25, 0.3) is 0 Å². The number of esters is 2.